The van der Waals surface area contributed by atoms with E-state index in [-0.39, 0.29) is 5.69 Å². The van der Waals surface area contributed by atoms with Crippen LogP contribution in [0.25, 0.3) is 0 Å². The van der Waals surface area contributed by atoms with Crippen molar-refractivity contribution in [2.24, 2.45) is 0 Å². The number of pyridine rings is 1. The van der Waals surface area contributed by atoms with Crippen LogP contribution in [-0.4, -0.2) is 54.2 Å². The number of carboxylic acids is 1. The maximum atomic E-state index is 10.8. The summed E-state index contributed by atoms with van der Waals surface area (Å²) in [6, 6.07) is 3.92. The Morgan fingerprint density at radius 1 is 1.56 bits per heavy atom. The molecule has 1 aromatic heterocycles. The Morgan fingerprint density at radius 2 is 2.33 bits per heavy atom. The molecule has 1 aliphatic rings. The van der Waals surface area contributed by atoms with Gasteiger partial charge in [-0.2, -0.15) is 0 Å². The highest BCUT2D eigenvalue weighted by atomic mass is 16.4. The quantitative estimate of drug-likeness (QED) is 0.872. The predicted molar refractivity (Wildman–Crippen MR) is 70.1 cm³/mol. The SMILES string of the molecule is CN(C)CC1CCCN1c1ccc(C(=O)O)nc1. The molecule has 1 fully saturated rings. The highest BCUT2D eigenvalue weighted by Crippen LogP contribution is 2.25. The lowest BCUT2D eigenvalue weighted by molar-refractivity contribution is 0.0690. The van der Waals surface area contributed by atoms with E-state index in [4.69, 9.17) is 5.11 Å². The number of likely N-dealkylation sites (N-methyl/N-ethyl adjacent to an activating group) is 1. The zero-order valence-electron chi connectivity index (χ0n) is 10.8. The van der Waals surface area contributed by atoms with Crippen molar-refractivity contribution in [1.82, 2.24) is 9.88 Å². The summed E-state index contributed by atoms with van der Waals surface area (Å²) in [5, 5.41) is 8.83. The molecule has 1 unspecified atom stereocenters. The van der Waals surface area contributed by atoms with Crippen LogP contribution in [0.3, 0.4) is 0 Å². The zero-order valence-corrected chi connectivity index (χ0v) is 10.8. The van der Waals surface area contributed by atoms with Crippen LogP contribution in [0.2, 0.25) is 0 Å². The van der Waals surface area contributed by atoms with Gasteiger partial charge >= 0.3 is 5.97 Å². The maximum absolute atomic E-state index is 10.8. The lowest BCUT2D eigenvalue weighted by Crippen LogP contribution is -2.37. The molecule has 0 bridgehead atoms. The summed E-state index contributed by atoms with van der Waals surface area (Å²) in [6.45, 7) is 2.04. The van der Waals surface area contributed by atoms with Gasteiger partial charge in [0.2, 0.25) is 0 Å². The molecule has 0 radical (unpaired) electrons. The summed E-state index contributed by atoms with van der Waals surface area (Å²) in [4.78, 5) is 19.2. The van der Waals surface area contributed by atoms with Crippen LogP contribution < -0.4 is 4.90 Å². The largest absolute Gasteiger partial charge is 0.477 e. The molecule has 1 N–H and O–H groups in total. The number of nitrogens with zero attached hydrogens (tertiary/aromatic N) is 3. The second-order valence-corrected chi connectivity index (χ2v) is 4.96. The minimum absolute atomic E-state index is 0.0992. The number of hydrogen-bond acceptors (Lipinski definition) is 4. The second kappa shape index (κ2) is 5.35. The van der Waals surface area contributed by atoms with Crippen molar-refractivity contribution in [2.75, 3.05) is 32.1 Å². The standard InChI is InChI=1S/C13H19N3O2/c1-15(2)9-11-4-3-7-16(11)10-5-6-12(13(17)18)14-8-10/h5-6,8,11H,3-4,7,9H2,1-2H3,(H,17,18). The zero-order chi connectivity index (χ0) is 13.1. The molecular formula is C13H19N3O2. The van der Waals surface area contributed by atoms with Gasteiger partial charge in [-0.25, -0.2) is 9.78 Å². The number of aromatic carboxylic acids is 1. The third-order valence-corrected chi connectivity index (χ3v) is 3.25. The first-order chi connectivity index (χ1) is 8.58. The predicted octanol–water partition coefficient (Wildman–Crippen LogP) is 1.31. The third kappa shape index (κ3) is 2.79. The fraction of sp³-hybridized carbons (Fsp3) is 0.538. The van der Waals surface area contributed by atoms with E-state index in [0.29, 0.717) is 6.04 Å². The monoisotopic (exact) mass is 249 g/mol. The van der Waals surface area contributed by atoms with Crippen LogP contribution in [0.1, 0.15) is 23.3 Å². The number of hydrogen-bond donors (Lipinski definition) is 1. The van der Waals surface area contributed by atoms with Gasteiger partial charge in [-0.15, -0.1) is 0 Å². The number of rotatable bonds is 4. The molecule has 1 saturated heterocycles. The van der Waals surface area contributed by atoms with Crippen molar-refractivity contribution >= 4 is 11.7 Å². The molecule has 1 aromatic rings. The lowest BCUT2D eigenvalue weighted by Gasteiger charge is -2.28. The summed E-state index contributed by atoms with van der Waals surface area (Å²) in [6.07, 6.45) is 4.02. The molecule has 2 heterocycles. The molecule has 0 aromatic carbocycles. The molecule has 0 spiro atoms. The van der Waals surface area contributed by atoms with Crippen LogP contribution in [0.4, 0.5) is 5.69 Å². The molecule has 5 heteroatoms. The van der Waals surface area contributed by atoms with Gasteiger partial charge in [0.25, 0.3) is 0 Å². The number of aromatic nitrogens is 1. The van der Waals surface area contributed by atoms with Gasteiger partial charge in [0.05, 0.1) is 11.9 Å². The van der Waals surface area contributed by atoms with Crippen molar-refractivity contribution < 1.29 is 9.90 Å². The summed E-state index contributed by atoms with van der Waals surface area (Å²) >= 11 is 0. The molecule has 0 amide bonds. The van der Waals surface area contributed by atoms with E-state index in [1.165, 1.54) is 12.8 Å². The molecule has 5 nitrogen and oxygen atoms in total. The molecule has 0 aliphatic carbocycles. The minimum Gasteiger partial charge on any atom is -0.477 e. The first-order valence-electron chi connectivity index (χ1n) is 6.18. The fourth-order valence-electron chi connectivity index (χ4n) is 2.47. The van der Waals surface area contributed by atoms with E-state index in [9.17, 15) is 4.79 Å². The topological polar surface area (TPSA) is 56.7 Å². The van der Waals surface area contributed by atoms with Gasteiger partial charge < -0.3 is 14.9 Å². The van der Waals surface area contributed by atoms with Crippen molar-refractivity contribution in [3.63, 3.8) is 0 Å². The second-order valence-electron chi connectivity index (χ2n) is 4.96. The molecule has 98 valence electrons. The average molecular weight is 249 g/mol. The first kappa shape index (κ1) is 12.8. The van der Waals surface area contributed by atoms with E-state index < -0.39 is 5.97 Å². The van der Waals surface area contributed by atoms with E-state index in [1.54, 1.807) is 12.3 Å². The van der Waals surface area contributed by atoms with Gasteiger partial charge in [0.1, 0.15) is 5.69 Å². The van der Waals surface area contributed by atoms with Crippen LogP contribution in [-0.2, 0) is 0 Å². The van der Waals surface area contributed by atoms with Crippen molar-refractivity contribution in [3.05, 3.63) is 24.0 Å². The van der Waals surface area contributed by atoms with Crippen LogP contribution in [0.15, 0.2) is 18.3 Å². The Labute approximate surface area is 107 Å². The van der Waals surface area contributed by atoms with E-state index in [0.717, 1.165) is 18.8 Å². The Bertz CT molecular complexity index is 417. The Balaban J connectivity index is 2.12. The normalized spacial score (nSPS) is 19.5. The Hall–Kier alpha value is -1.62. The number of carboxylic acid groups (broad SMARTS) is 1. The molecule has 1 aliphatic heterocycles. The van der Waals surface area contributed by atoms with Gasteiger partial charge in [-0.05, 0) is 39.1 Å². The molecule has 18 heavy (non-hydrogen) atoms. The van der Waals surface area contributed by atoms with Gasteiger partial charge in [-0.3, -0.25) is 0 Å². The summed E-state index contributed by atoms with van der Waals surface area (Å²) in [5.41, 5.74) is 1.12. The van der Waals surface area contributed by atoms with Crippen LogP contribution in [0, 0.1) is 0 Å². The molecular weight excluding hydrogens is 230 g/mol. The van der Waals surface area contributed by atoms with Gasteiger partial charge in [0, 0.05) is 19.1 Å². The fourth-order valence-corrected chi connectivity index (χ4v) is 2.47. The lowest BCUT2D eigenvalue weighted by atomic mass is 10.2. The first-order valence-corrected chi connectivity index (χ1v) is 6.18. The summed E-state index contributed by atoms with van der Waals surface area (Å²) < 4.78 is 0. The highest BCUT2D eigenvalue weighted by molar-refractivity contribution is 5.85. The van der Waals surface area contributed by atoms with Crippen LogP contribution in [0.5, 0.6) is 0 Å². The number of anilines is 1. The molecule has 2 rings (SSSR count). The van der Waals surface area contributed by atoms with Gasteiger partial charge in [-0.1, -0.05) is 0 Å². The Morgan fingerprint density at radius 3 is 2.89 bits per heavy atom. The van der Waals surface area contributed by atoms with E-state index >= 15 is 0 Å². The third-order valence-electron chi connectivity index (χ3n) is 3.25. The van der Waals surface area contributed by atoms with E-state index in [1.807, 2.05) is 6.07 Å². The maximum Gasteiger partial charge on any atom is 0.354 e. The van der Waals surface area contributed by atoms with Crippen molar-refractivity contribution in [1.29, 1.82) is 0 Å². The van der Waals surface area contributed by atoms with E-state index in [2.05, 4.69) is 28.9 Å². The summed E-state index contributed by atoms with van der Waals surface area (Å²) in [7, 11) is 4.14. The smallest absolute Gasteiger partial charge is 0.354 e. The van der Waals surface area contributed by atoms with Gasteiger partial charge in [0.15, 0.2) is 0 Å². The highest BCUT2D eigenvalue weighted by Gasteiger charge is 2.25. The van der Waals surface area contributed by atoms with Crippen molar-refractivity contribution in [3.8, 4) is 0 Å². The minimum atomic E-state index is -0.979. The molecule has 1 atom stereocenters. The molecule has 0 saturated carbocycles. The number of carbonyl (C=O) groups is 1. The Kier molecular flexibility index (Phi) is 3.81. The van der Waals surface area contributed by atoms with Crippen LogP contribution >= 0.6 is 0 Å². The average Bonchev–Trinajstić information content (AvgIpc) is 2.76. The summed E-state index contributed by atoms with van der Waals surface area (Å²) in [5.74, 6) is -0.979. The van der Waals surface area contributed by atoms with Crippen molar-refractivity contribution in [2.45, 2.75) is 18.9 Å².